The number of ether oxygens (including phenoxy) is 1. The number of thioether (sulfide) groups is 1. The van der Waals surface area contributed by atoms with Crippen LogP contribution < -0.4 is 14.8 Å². The third-order valence-corrected chi connectivity index (χ3v) is 7.04. The number of imide groups is 1. The molecule has 3 aromatic rings. The van der Waals surface area contributed by atoms with Crippen LogP contribution in [0.1, 0.15) is 6.92 Å². The van der Waals surface area contributed by atoms with E-state index in [-0.39, 0.29) is 16.0 Å². The number of para-hydroxylation sites is 2. The number of anilines is 1. The summed E-state index contributed by atoms with van der Waals surface area (Å²) in [5.41, 5.74) is 1.01. The Balaban J connectivity index is 1.53. The molecule has 1 aromatic heterocycles. The van der Waals surface area contributed by atoms with Crippen LogP contribution in [0.2, 0.25) is 0 Å². The second-order valence-corrected chi connectivity index (χ2v) is 9.87. The van der Waals surface area contributed by atoms with Crippen LogP contribution in [0.4, 0.5) is 10.5 Å². The molecule has 0 saturated carbocycles. The lowest BCUT2D eigenvalue weighted by Crippen LogP contribution is -2.38. The molecule has 3 amide bonds. The lowest BCUT2D eigenvalue weighted by Gasteiger charge is -2.15. The molecule has 32 heavy (non-hydrogen) atoms. The zero-order valence-electron chi connectivity index (χ0n) is 17.2. The van der Waals surface area contributed by atoms with Gasteiger partial charge in [0.05, 0.1) is 22.9 Å². The lowest BCUT2D eigenvalue weighted by molar-refractivity contribution is -0.126. The van der Waals surface area contributed by atoms with E-state index in [9.17, 15) is 18.0 Å². The van der Waals surface area contributed by atoms with Crippen LogP contribution in [0, 0.1) is 0 Å². The minimum atomic E-state index is -3.91. The van der Waals surface area contributed by atoms with E-state index in [0.717, 1.165) is 16.7 Å². The molecule has 2 heterocycles. The van der Waals surface area contributed by atoms with Crippen LogP contribution in [0.5, 0.6) is 5.75 Å². The zero-order chi connectivity index (χ0) is 22.9. The number of carbonyl (C=O) groups excluding carboxylic acids is 2. The minimum Gasteiger partial charge on any atom is -0.495 e. The molecule has 2 N–H and O–H groups in total. The van der Waals surface area contributed by atoms with Crippen molar-refractivity contribution < 1.29 is 27.2 Å². The summed E-state index contributed by atoms with van der Waals surface area (Å²) in [4.78, 5) is 29.6. The summed E-state index contributed by atoms with van der Waals surface area (Å²) in [7, 11) is -2.45. The first-order chi connectivity index (χ1) is 15.3. The first-order valence-corrected chi connectivity index (χ1v) is 12.0. The Morgan fingerprint density at radius 1 is 1.31 bits per heavy atom. The Hall–Kier alpha value is -3.25. The summed E-state index contributed by atoms with van der Waals surface area (Å²) >= 11 is 1.06. The van der Waals surface area contributed by atoms with Gasteiger partial charge in [0.15, 0.2) is 5.58 Å². The van der Waals surface area contributed by atoms with Crippen LogP contribution in [-0.2, 0) is 14.8 Å². The molecule has 0 spiro atoms. The van der Waals surface area contributed by atoms with Gasteiger partial charge >= 0.3 is 6.03 Å². The average Bonchev–Trinajstić information content (AvgIpc) is 3.37. The Kier molecular flexibility index (Phi) is 5.98. The molecular formula is C20H20N4O6S2. The van der Waals surface area contributed by atoms with E-state index < -0.39 is 21.3 Å². The Morgan fingerprint density at radius 2 is 2.09 bits per heavy atom. The van der Waals surface area contributed by atoms with Crippen molar-refractivity contribution in [3.05, 3.63) is 42.5 Å². The smallest absolute Gasteiger partial charge is 0.324 e. The van der Waals surface area contributed by atoms with E-state index in [0.29, 0.717) is 35.6 Å². The SMILES string of the molecule is COc1ccccc1NS(=O)(=O)c1ccc2oc(S[C@H](C)C(=O)N3CCNC3=O)nc2c1. The van der Waals surface area contributed by atoms with Gasteiger partial charge in [-0.05, 0) is 37.3 Å². The van der Waals surface area contributed by atoms with E-state index in [2.05, 4.69) is 15.0 Å². The van der Waals surface area contributed by atoms with Crippen molar-refractivity contribution in [2.24, 2.45) is 0 Å². The summed E-state index contributed by atoms with van der Waals surface area (Å²) in [5, 5.41) is 2.18. The highest BCUT2D eigenvalue weighted by Gasteiger charge is 2.31. The standard InChI is InChI=1S/C20H20N4O6S2/c1-12(18(25)24-10-9-21-19(24)26)31-20-22-15-11-13(7-8-17(15)30-20)32(27,28)23-14-5-3-4-6-16(14)29-2/h3-8,11-12,23H,9-10H2,1-2H3,(H,21,26)/t12-/m1/s1. The van der Waals surface area contributed by atoms with Gasteiger partial charge in [-0.1, -0.05) is 23.9 Å². The number of amides is 3. The maximum atomic E-state index is 12.8. The van der Waals surface area contributed by atoms with E-state index in [1.807, 2.05) is 0 Å². The molecule has 0 bridgehead atoms. The van der Waals surface area contributed by atoms with Crippen molar-refractivity contribution in [1.82, 2.24) is 15.2 Å². The number of sulfonamides is 1. The van der Waals surface area contributed by atoms with Gasteiger partial charge in [-0.25, -0.2) is 18.2 Å². The van der Waals surface area contributed by atoms with Crippen LogP contribution in [0.3, 0.4) is 0 Å². The Bertz CT molecular complexity index is 1290. The van der Waals surface area contributed by atoms with Gasteiger partial charge in [-0.15, -0.1) is 0 Å². The predicted octanol–water partition coefficient (Wildman–Crippen LogP) is 2.67. The van der Waals surface area contributed by atoms with Gasteiger partial charge in [0.25, 0.3) is 15.2 Å². The number of hydrogen-bond acceptors (Lipinski definition) is 8. The molecule has 0 radical (unpaired) electrons. The topological polar surface area (TPSA) is 131 Å². The van der Waals surface area contributed by atoms with Gasteiger partial charge in [0.2, 0.25) is 5.91 Å². The van der Waals surface area contributed by atoms with E-state index >= 15 is 0 Å². The first-order valence-electron chi connectivity index (χ1n) is 9.61. The van der Waals surface area contributed by atoms with Crippen LogP contribution >= 0.6 is 11.8 Å². The van der Waals surface area contributed by atoms with Gasteiger partial charge in [-0.2, -0.15) is 0 Å². The van der Waals surface area contributed by atoms with Crippen molar-refractivity contribution in [1.29, 1.82) is 0 Å². The summed E-state index contributed by atoms with van der Waals surface area (Å²) in [6.07, 6.45) is 0. The fraction of sp³-hybridized carbons (Fsp3) is 0.250. The summed E-state index contributed by atoms with van der Waals surface area (Å²) in [5.74, 6) is 0.0409. The molecule has 10 nitrogen and oxygen atoms in total. The molecule has 1 saturated heterocycles. The number of nitrogens with zero attached hydrogens (tertiary/aromatic N) is 2. The van der Waals surface area contributed by atoms with Crippen molar-refractivity contribution >= 4 is 50.5 Å². The Labute approximate surface area is 188 Å². The fourth-order valence-electron chi connectivity index (χ4n) is 3.14. The molecular weight excluding hydrogens is 456 g/mol. The van der Waals surface area contributed by atoms with E-state index in [1.54, 1.807) is 31.2 Å². The molecule has 1 atom stereocenters. The van der Waals surface area contributed by atoms with Crippen molar-refractivity contribution in [2.45, 2.75) is 22.3 Å². The van der Waals surface area contributed by atoms with Gasteiger partial charge in [-0.3, -0.25) is 14.4 Å². The van der Waals surface area contributed by atoms with Crippen molar-refractivity contribution in [2.75, 3.05) is 24.9 Å². The summed E-state index contributed by atoms with van der Waals surface area (Å²) in [6, 6.07) is 10.6. The second-order valence-electron chi connectivity index (χ2n) is 6.90. The average molecular weight is 477 g/mol. The second kappa shape index (κ2) is 8.71. The van der Waals surface area contributed by atoms with Crippen molar-refractivity contribution in [3.8, 4) is 5.75 Å². The van der Waals surface area contributed by atoms with Crippen molar-refractivity contribution in [3.63, 3.8) is 0 Å². The largest absolute Gasteiger partial charge is 0.495 e. The summed E-state index contributed by atoms with van der Waals surface area (Å²) in [6.45, 7) is 2.39. The first kappa shape index (κ1) is 22.0. The summed E-state index contributed by atoms with van der Waals surface area (Å²) < 4.78 is 39.0. The number of urea groups is 1. The van der Waals surface area contributed by atoms with Gasteiger partial charge in [0, 0.05) is 13.1 Å². The molecule has 1 aliphatic rings. The fourth-order valence-corrected chi connectivity index (χ4v) is 5.05. The quantitative estimate of drug-likeness (QED) is 0.498. The number of rotatable bonds is 7. The maximum Gasteiger partial charge on any atom is 0.324 e. The molecule has 1 fully saturated rings. The van der Waals surface area contributed by atoms with E-state index in [4.69, 9.17) is 9.15 Å². The van der Waals surface area contributed by atoms with Crippen LogP contribution in [0.15, 0.2) is 57.0 Å². The molecule has 2 aromatic carbocycles. The number of nitrogens with one attached hydrogen (secondary N) is 2. The highest BCUT2D eigenvalue weighted by atomic mass is 32.2. The zero-order valence-corrected chi connectivity index (χ0v) is 18.8. The molecule has 168 valence electrons. The molecule has 1 aliphatic heterocycles. The monoisotopic (exact) mass is 476 g/mol. The molecule has 0 aliphatic carbocycles. The molecule has 0 unspecified atom stereocenters. The third-order valence-electron chi connectivity index (χ3n) is 4.75. The third kappa shape index (κ3) is 4.36. The van der Waals surface area contributed by atoms with Crippen LogP contribution in [-0.4, -0.2) is 55.7 Å². The number of hydrogen-bond donors (Lipinski definition) is 2. The normalized spacial score (nSPS) is 14.9. The highest BCUT2D eigenvalue weighted by molar-refractivity contribution is 8.00. The number of aromatic nitrogens is 1. The number of carbonyl (C=O) groups is 2. The number of methoxy groups -OCH3 is 1. The predicted molar refractivity (Wildman–Crippen MR) is 118 cm³/mol. The molecule has 4 rings (SSSR count). The van der Waals surface area contributed by atoms with Gasteiger partial charge in [0.1, 0.15) is 11.3 Å². The minimum absolute atomic E-state index is 0.00128. The number of fused-ring (bicyclic) bond motifs is 1. The highest BCUT2D eigenvalue weighted by Crippen LogP contribution is 2.30. The van der Waals surface area contributed by atoms with E-state index in [1.165, 1.54) is 25.3 Å². The number of benzene rings is 2. The van der Waals surface area contributed by atoms with Gasteiger partial charge < -0.3 is 14.5 Å². The Morgan fingerprint density at radius 3 is 2.81 bits per heavy atom. The lowest BCUT2D eigenvalue weighted by atomic mass is 10.3. The maximum absolute atomic E-state index is 12.8. The number of oxazole rings is 1. The molecule has 12 heteroatoms. The van der Waals surface area contributed by atoms with Crippen LogP contribution in [0.25, 0.3) is 11.1 Å².